The summed E-state index contributed by atoms with van der Waals surface area (Å²) in [6.07, 6.45) is 1.57. The first-order chi connectivity index (χ1) is 13.3. The molecular formula is C19H26N4O2S3. The highest BCUT2D eigenvalue weighted by Crippen LogP contribution is 2.35. The Morgan fingerprint density at radius 1 is 1.18 bits per heavy atom. The number of benzene rings is 1. The van der Waals surface area contributed by atoms with Crippen LogP contribution in [0.2, 0.25) is 0 Å². The van der Waals surface area contributed by atoms with E-state index in [0.717, 1.165) is 18.8 Å². The largest absolute Gasteiger partial charge is 0.311 e. The molecule has 1 heterocycles. The summed E-state index contributed by atoms with van der Waals surface area (Å²) in [5.41, 5.74) is 1.25. The smallest absolute Gasteiger partial charge is 0.302 e. The van der Waals surface area contributed by atoms with Crippen LogP contribution in [0.3, 0.4) is 0 Å². The second-order valence-corrected chi connectivity index (χ2v) is 11.1. The Kier molecular flexibility index (Phi) is 9.60. The third-order valence-electron chi connectivity index (χ3n) is 3.41. The van der Waals surface area contributed by atoms with E-state index in [1.165, 1.54) is 23.6 Å². The van der Waals surface area contributed by atoms with Crippen molar-refractivity contribution in [1.29, 1.82) is 0 Å². The van der Waals surface area contributed by atoms with Crippen molar-refractivity contribution in [2.75, 3.05) is 12.3 Å². The van der Waals surface area contributed by atoms with E-state index < -0.39 is 4.92 Å². The molecule has 2 rings (SSSR count). The Labute approximate surface area is 178 Å². The standard InChI is InChI=1S/C19H26N4O2S3/c1-19(2,3)28-26-14-16(13-20-12-15-8-5-4-6-9-15)22-27-18-17(23(24)25)10-7-11-21-18/h4-11,16,20,22H,12-14H2,1-3H3/t16-/m1/s1. The molecule has 0 aliphatic carbocycles. The highest BCUT2D eigenvalue weighted by Gasteiger charge is 2.18. The first-order valence-electron chi connectivity index (χ1n) is 8.92. The average Bonchev–Trinajstić information content (AvgIpc) is 2.65. The number of aromatic nitrogens is 1. The van der Waals surface area contributed by atoms with Gasteiger partial charge in [-0.05, 0) is 23.6 Å². The quantitative estimate of drug-likeness (QED) is 0.221. The van der Waals surface area contributed by atoms with Crippen LogP contribution in [0.1, 0.15) is 26.3 Å². The van der Waals surface area contributed by atoms with Crippen molar-refractivity contribution in [3.63, 3.8) is 0 Å². The van der Waals surface area contributed by atoms with Gasteiger partial charge >= 0.3 is 5.69 Å². The Balaban J connectivity index is 1.92. The molecule has 9 heteroatoms. The molecule has 0 amide bonds. The number of hydrogen-bond acceptors (Lipinski definition) is 8. The van der Waals surface area contributed by atoms with Gasteiger partial charge < -0.3 is 5.32 Å². The van der Waals surface area contributed by atoms with E-state index in [2.05, 4.69) is 47.9 Å². The van der Waals surface area contributed by atoms with E-state index in [4.69, 9.17) is 0 Å². The van der Waals surface area contributed by atoms with Gasteiger partial charge in [-0.15, -0.1) is 0 Å². The molecule has 0 aliphatic rings. The topological polar surface area (TPSA) is 80.1 Å². The number of nitro groups is 1. The molecule has 0 aliphatic heterocycles. The second kappa shape index (κ2) is 11.7. The van der Waals surface area contributed by atoms with E-state index in [9.17, 15) is 10.1 Å². The summed E-state index contributed by atoms with van der Waals surface area (Å²) in [6, 6.07) is 13.4. The third-order valence-corrected chi connectivity index (χ3v) is 7.79. The summed E-state index contributed by atoms with van der Waals surface area (Å²) in [5.74, 6) is 0.872. The summed E-state index contributed by atoms with van der Waals surface area (Å²) in [7, 11) is 3.64. The van der Waals surface area contributed by atoms with Crippen LogP contribution >= 0.6 is 33.5 Å². The predicted octanol–water partition coefficient (Wildman–Crippen LogP) is 4.92. The summed E-state index contributed by atoms with van der Waals surface area (Å²) < 4.78 is 3.54. The molecule has 6 nitrogen and oxygen atoms in total. The van der Waals surface area contributed by atoms with Gasteiger partial charge in [-0.2, -0.15) is 0 Å². The molecule has 0 spiro atoms. The number of hydrogen-bond donors (Lipinski definition) is 2. The molecule has 2 N–H and O–H groups in total. The minimum absolute atomic E-state index is 0.0210. The van der Waals surface area contributed by atoms with Crippen LogP contribution in [-0.2, 0) is 6.54 Å². The van der Waals surface area contributed by atoms with Crippen LogP contribution in [0, 0.1) is 10.1 Å². The summed E-state index contributed by atoms with van der Waals surface area (Å²) >= 11 is 1.22. The lowest BCUT2D eigenvalue weighted by Gasteiger charge is -2.21. The van der Waals surface area contributed by atoms with Crippen LogP contribution in [0.15, 0.2) is 53.7 Å². The summed E-state index contributed by atoms with van der Waals surface area (Å²) in [4.78, 5) is 14.9. The summed E-state index contributed by atoms with van der Waals surface area (Å²) in [6.45, 7) is 8.09. The Morgan fingerprint density at radius 2 is 1.93 bits per heavy atom. The molecule has 0 saturated carbocycles. The van der Waals surface area contributed by atoms with Gasteiger partial charge in [-0.1, -0.05) is 72.7 Å². The first-order valence-corrected chi connectivity index (χ1v) is 12.1. The minimum Gasteiger partial charge on any atom is -0.311 e. The number of pyridine rings is 1. The van der Waals surface area contributed by atoms with Crippen molar-refractivity contribution < 1.29 is 4.92 Å². The third kappa shape index (κ3) is 8.83. The Morgan fingerprint density at radius 3 is 2.61 bits per heavy atom. The lowest BCUT2D eigenvalue weighted by Crippen LogP contribution is -2.37. The lowest BCUT2D eigenvalue weighted by atomic mass is 10.2. The van der Waals surface area contributed by atoms with E-state index in [0.29, 0.717) is 5.03 Å². The van der Waals surface area contributed by atoms with Gasteiger partial charge in [0.2, 0.25) is 0 Å². The molecule has 0 radical (unpaired) electrons. The molecule has 1 aromatic heterocycles. The van der Waals surface area contributed by atoms with Crippen molar-refractivity contribution in [1.82, 2.24) is 15.0 Å². The highest BCUT2D eigenvalue weighted by atomic mass is 33.1. The van der Waals surface area contributed by atoms with Gasteiger partial charge in [-0.25, -0.2) is 4.98 Å². The van der Waals surface area contributed by atoms with E-state index in [-0.39, 0.29) is 16.5 Å². The van der Waals surface area contributed by atoms with Gasteiger partial charge in [0, 0.05) is 41.9 Å². The summed E-state index contributed by atoms with van der Waals surface area (Å²) in [5, 5.41) is 15.0. The fraction of sp³-hybridized carbons (Fsp3) is 0.421. The van der Waals surface area contributed by atoms with Gasteiger partial charge in [0.05, 0.1) is 4.92 Å². The molecule has 1 atom stereocenters. The number of nitrogens with one attached hydrogen (secondary N) is 2. The maximum atomic E-state index is 11.2. The zero-order valence-corrected chi connectivity index (χ0v) is 18.7. The Bertz CT molecular complexity index is 741. The van der Waals surface area contributed by atoms with Gasteiger partial charge in [0.1, 0.15) is 0 Å². The SMILES string of the molecule is CC(C)(C)SSC[C@@H](CNCc1ccccc1)NSc1ncccc1[N+](=O)[O-]. The first kappa shape index (κ1) is 23.0. The fourth-order valence-electron chi connectivity index (χ4n) is 2.15. The normalized spacial score (nSPS) is 12.7. The van der Waals surface area contributed by atoms with E-state index in [1.807, 2.05) is 29.0 Å². The molecule has 28 heavy (non-hydrogen) atoms. The molecule has 0 fully saturated rings. The molecule has 0 saturated heterocycles. The van der Waals surface area contributed by atoms with E-state index >= 15 is 0 Å². The zero-order chi connectivity index (χ0) is 20.4. The van der Waals surface area contributed by atoms with Crippen LogP contribution < -0.4 is 10.0 Å². The Hall–Kier alpha value is -1.26. The van der Waals surface area contributed by atoms with Crippen LogP contribution in [0.5, 0.6) is 0 Å². The van der Waals surface area contributed by atoms with Crippen molar-refractivity contribution in [2.45, 2.75) is 43.1 Å². The van der Waals surface area contributed by atoms with Crippen LogP contribution in [0.4, 0.5) is 5.69 Å². The average molecular weight is 439 g/mol. The maximum Gasteiger partial charge on any atom is 0.302 e. The number of rotatable bonds is 11. The van der Waals surface area contributed by atoms with E-state index in [1.54, 1.807) is 23.1 Å². The minimum atomic E-state index is -0.399. The van der Waals surface area contributed by atoms with Crippen molar-refractivity contribution in [3.8, 4) is 0 Å². The number of nitrogens with zero attached hydrogens (tertiary/aromatic N) is 2. The zero-order valence-electron chi connectivity index (χ0n) is 16.3. The fourth-order valence-corrected chi connectivity index (χ4v) is 5.61. The lowest BCUT2D eigenvalue weighted by molar-refractivity contribution is -0.388. The van der Waals surface area contributed by atoms with Gasteiger partial charge in [0.15, 0.2) is 5.03 Å². The predicted molar refractivity (Wildman–Crippen MR) is 122 cm³/mol. The molecule has 2 aromatic rings. The van der Waals surface area contributed by atoms with Gasteiger partial charge in [-0.3, -0.25) is 14.8 Å². The van der Waals surface area contributed by atoms with Crippen molar-refractivity contribution in [2.24, 2.45) is 0 Å². The van der Waals surface area contributed by atoms with Gasteiger partial charge in [0.25, 0.3) is 0 Å². The monoisotopic (exact) mass is 438 g/mol. The molecule has 152 valence electrons. The molecule has 1 aromatic carbocycles. The maximum absolute atomic E-state index is 11.2. The van der Waals surface area contributed by atoms with Crippen LogP contribution in [0.25, 0.3) is 0 Å². The molecule has 0 unspecified atom stereocenters. The van der Waals surface area contributed by atoms with Crippen molar-refractivity contribution in [3.05, 3.63) is 64.3 Å². The molecular weight excluding hydrogens is 412 g/mol. The van der Waals surface area contributed by atoms with Crippen molar-refractivity contribution >= 4 is 39.2 Å². The molecule has 0 bridgehead atoms. The van der Waals surface area contributed by atoms with Crippen LogP contribution in [-0.4, -0.2) is 33.0 Å². The second-order valence-electron chi connectivity index (χ2n) is 7.10. The highest BCUT2D eigenvalue weighted by molar-refractivity contribution is 8.77.